The highest BCUT2D eigenvalue weighted by molar-refractivity contribution is 5.97. The van der Waals surface area contributed by atoms with Crippen molar-refractivity contribution >= 4 is 17.8 Å². The Morgan fingerprint density at radius 1 is 1.14 bits per heavy atom. The van der Waals surface area contributed by atoms with Crippen molar-refractivity contribution in [2.24, 2.45) is 11.3 Å². The van der Waals surface area contributed by atoms with Gasteiger partial charge in [0.2, 0.25) is 0 Å². The molecule has 1 saturated carbocycles. The molecule has 1 N–H and O–H groups in total. The van der Waals surface area contributed by atoms with Crippen molar-refractivity contribution in [2.45, 2.75) is 83.8 Å². The summed E-state index contributed by atoms with van der Waals surface area (Å²) in [5.74, 6) is 0.870. The van der Waals surface area contributed by atoms with Crippen LogP contribution in [0.3, 0.4) is 0 Å². The fraction of sp³-hybridized carbons (Fsp3) is 0.656. The van der Waals surface area contributed by atoms with Crippen LogP contribution in [-0.2, 0) is 4.74 Å². The summed E-state index contributed by atoms with van der Waals surface area (Å²) in [5, 5.41) is 11.2. The third-order valence-corrected chi connectivity index (χ3v) is 9.99. The van der Waals surface area contributed by atoms with Crippen LogP contribution in [0.5, 0.6) is 11.6 Å². The number of aromatic nitrogens is 3. The van der Waals surface area contributed by atoms with E-state index in [0.717, 1.165) is 71.2 Å². The van der Waals surface area contributed by atoms with Gasteiger partial charge in [-0.1, -0.05) is 0 Å². The minimum atomic E-state index is -0.508. The second kappa shape index (κ2) is 12.1. The second-order valence-corrected chi connectivity index (χ2v) is 13.8. The molecule has 1 aliphatic carbocycles. The molecule has 4 aliphatic rings. The zero-order valence-corrected chi connectivity index (χ0v) is 26.2. The molecule has 12 heteroatoms. The number of amides is 2. The van der Waals surface area contributed by atoms with Crippen molar-refractivity contribution < 1.29 is 23.5 Å². The first-order chi connectivity index (χ1) is 21.1. The van der Waals surface area contributed by atoms with Crippen LogP contribution in [0, 0.1) is 17.2 Å². The molecule has 0 radical (unpaired) electrons. The summed E-state index contributed by atoms with van der Waals surface area (Å²) in [6, 6.07) is 3.84. The zero-order chi connectivity index (χ0) is 31.1. The van der Waals surface area contributed by atoms with Crippen LogP contribution in [0.15, 0.2) is 24.5 Å². The largest absolute Gasteiger partial charge is 0.447 e. The molecular weight excluding hydrogens is 565 g/mol. The predicted octanol–water partition coefficient (Wildman–Crippen LogP) is 4.63. The molecule has 44 heavy (non-hydrogen) atoms. The average Bonchev–Trinajstić information content (AvgIpc) is 3.34. The van der Waals surface area contributed by atoms with Crippen molar-refractivity contribution in [2.75, 3.05) is 44.2 Å². The van der Waals surface area contributed by atoms with E-state index in [4.69, 9.17) is 9.47 Å². The number of hydrogen-bond donors (Lipinski definition) is 1. The van der Waals surface area contributed by atoms with Crippen molar-refractivity contribution in [3.8, 4) is 11.6 Å². The van der Waals surface area contributed by atoms with Gasteiger partial charge >= 0.3 is 6.09 Å². The number of piperidine rings is 1. The lowest BCUT2D eigenvalue weighted by Crippen LogP contribution is -2.61. The fourth-order valence-corrected chi connectivity index (χ4v) is 7.59. The van der Waals surface area contributed by atoms with Gasteiger partial charge in [-0.15, -0.1) is 10.2 Å². The Kier molecular flexibility index (Phi) is 8.38. The average molecular weight is 610 g/mol. The number of anilines is 1. The number of cyclic esters (lactones) is 1. The van der Waals surface area contributed by atoms with Gasteiger partial charge in [-0.05, 0) is 103 Å². The topological polar surface area (TPSA) is 113 Å². The Morgan fingerprint density at radius 3 is 2.48 bits per heavy atom. The van der Waals surface area contributed by atoms with Crippen molar-refractivity contribution in [3.05, 3.63) is 35.9 Å². The van der Waals surface area contributed by atoms with Crippen molar-refractivity contribution in [1.29, 1.82) is 0 Å². The molecule has 0 unspecified atom stereocenters. The predicted molar refractivity (Wildman–Crippen MR) is 162 cm³/mol. The number of likely N-dealkylation sites (tertiary alicyclic amines) is 1. The summed E-state index contributed by atoms with van der Waals surface area (Å²) in [4.78, 5) is 36.0. The minimum Gasteiger partial charge on any atom is -0.447 e. The van der Waals surface area contributed by atoms with Gasteiger partial charge in [-0.2, -0.15) is 0 Å². The first-order valence-electron chi connectivity index (χ1n) is 16.0. The smallest absolute Gasteiger partial charge is 0.407 e. The summed E-state index contributed by atoms with van der Waals surface area (Å²) in [6.45, 7) is 13.2. The molecule has 11 nitrogen and oxygen atoms in total. The Labute approximate surface area is 258 Å². The number of ether oxygens (including phenoxy) is 2. The number of nitrogens with one attached hydrogen (secondary N) is 1. The van der Waals surface area contributed by atoms with E-state index in [-0.39, 0.29) is 52.2 Å². The molecule has 238 valence electrons. The van der Waals surface area contributed by atoms with Gasteiger partial charge < -0.3 is 29.5 Å². The maximum absolute atomic E-state index is 14.3. The minimum absolute atomic E-state index is 0.0675. The van der Waals surface area contributed by atoms with Gasteiger partial charge in [0.05, 0.1) is 11.1 Å². The maximum Gasteiger partial charge on any atom is 0.407 e. The molecule has 1 aromatic carbocycles. The molecule has 2 spiro atoms. The van der Waals surface area contributed by atoms with Crippen LogP contribution in [0.2, 0.25) is 0 Å². The number of halogens is 1. The van der Waals surface area contributed by atoms with Crippen molar-refractivity contribution in [3.63, 3.8) is 0 Å². The van der Waals surface area contributed by atoms with Crippen molar-refractivity contribution in [1.82, 2.24) is 30.3 Å². The van der Waals surface area contributed by atoms with E-state index in [1.165, 1.54) is 24.5 Å². The monoisotopic (exact) mass is 609 g/mol. The van der Waals surface area contributed by atoms with Gasteiger partial charge in [0.25, 0.3) is 11.8 Å². The van der Waals surface area contributed by atoms with Crippen LogP contribution in [0.4, 0.5) is 15.0 Å². The quantitative estimate of drug-likeness (QED) is 0.458. The van der Waals surface area contributed by atoms with Gasteiger partial charge in [-0.25, -0.2) is 14.2 Å². The zero-order valence-electron chi connectivity index (χ0n) is 26.2. The van der Waals surface area contributed by atoms with E-state index in [9.17, 15) is 14.0 Å². The SMILES string of the molecule is CC(C)N(C(=O)c1cc(F)ccc1Oc1nncnc1N1CC2(CCN(CC3CCC4(CC3)COC(=O)N4)CC2)C1)C(C)C. The van der Waals surface area contributed by atoms with Crippen LogP contribution in [-0.4, -0.2) is 93.9 Å². The Morgan fingerprint density at radius 2 is 1.84 bits per heavy atom. The second-order valence-electron chi connectivity index (χ2n) is 13.8. The van der Waals surface area contributed by atoms with Gasteiger partial charge in [0.1, 0.15) is 24.5 Å². The Hall–Kier alpha value is -3.54. The van der Waals surface area contributed by atoms with Crippen LogP contribution < -0.4 is 15.0 Å². The third kappa shape index (κ3) is 6.18. The Bertz CT molecular complexity index is 1360. The molecule has 2 aromatic rings. The third-order valence-electron chi connectivity index (χ3n) is 9.99. The van der Waals surface area contributed by atoms with E-state index in [0.29, 0.717) is 18.3 Å². The lowest BCUT2D eigenvalue weighted by molar-refractivity contribution is 0.0572. The number of carbonyl (C=O) groups excluding carboxylic acids is 2. The molecule has 2 amide bonds. The number of rotatable bonds is 8. The van der Waals surface area contributed by atoms with Gasteiger partial charge in [0, 0.05) is 37.1 Å². The molecule has 4 fully saturated rings. The van der Waals surface area contributed by atoms with Gasteiger partial charge in [-0.3, -0.25) is 4.79 Å². The Balaban J connectivity index is 1.06. The molecule has 0 atom stereocenters. The lowest BCUT2D eigenvalue weighted by atomic mass is 9.71. The highest BCUT2D eigenvalue weighted by Gasteiger charge is 2.47. The first kappa shape index (κ1) is 30.5. The molecule has 1 aromatic heterocycles. The summed E-state index contributed by atoms with van der Waals surface area (Å²) in [6.07, 6.45) is 7.61. The molecule has 3 saturated heterocycles. The number of alkyl carbamates (subject to hydrolysis) is 1. The molecule has 4 heterocycles. The number of carbonyl (C=O) groups is 2. The molecular formula is C32H44FN7O4. The molecule has 0 bridgehead atoms. The van der Waals surface area contributed by atoms with Crippen LogP contribution in [0.1, 0.15) is 76.6 Å². The molecule has 3 aliphatic heterocycles. The van der Waals surface area contributed by atoms with E-state index < -0.39 is 5.82 Å². The van der Waals surface area contributed by atoms with Gasteiger partial charge in [0.15, 0.2) is 5.82 Å². The summed E-state index contributed by atoms with van der Waals surface area (Å²) in [5.41, 5.74) is 0.238. The number of nitrogens with zero attached hydrogens (tertiary/aromatic N) is 6. The first-order valence-corrected chi connectivity index (χ1v) is 16.0. The summed E-state index contributed by atoms with van der Waals surface area (Å²) in [7, 11) is 0. The fourth-order valence-electron chi connectivity index (χ4n) is 7.59. The summed E-state index contributed by atoms with van der Waals surface area (Å²) >= 11 is 0. The summed E-state index contributed by atoms with van der Waals surface area (Å²) < 4.78 is 25.7. The van der Waals surface area contributed by atoms with E-state index in [1.807, 2.05) is 27.7 Å². The van der Waals surface area contributed by atoms with Crippen LogP contribution >= 0.6 is 0 Å². The highest BCUT2D eigenvalue weighted by Crippen LogP contribution is 2.45. The molecule has 6 rings (SSSR count). The van der Waals surface area contributed by atoms with E-state index >= 15 is 0 Å². The van der Waals surface area contributed by atoms with E-state index in [1.54, 1.807) is 4.90 Å². The highest BCUT2D eigenvalue weighted by atomic mass is 19.1. The van der Waals surface area contributed by atoms with Crippen LogP contribution in [0.25, 0.3) is 0 Å². The number of hydrogen-bond acceptors (Lipinski definition) is 9. The number of benzene rings is 1. The lowest BCUT2D eigenvalue weighted by Gasteiger charge is -2.54. The standard InChI is InChI=1S/C32H44FN7O4/c1-21(2)40(22(3)4)29(41)25-15-24(33)5-6-26(25)44-28-27(34-20-35-37-28)39-17-31(18-39)11-13-38(14-12-31)16-23-7-9-32(10-8-23)19-43-30(42)36-32/h5-6,15,20-23H,7-14,16-19H2,1-4H3,(H,36,42). The van der Waals surface area contributed by atoms with E-state index in [2.05, 4.69) is 30.3 Å². The maximum atomic E-state index is 14.3. The normalized spacial score (nSPS) is 24.8.